The number of piperidine rings is 1. The largest absolute Gasteiger partial charge is 0.395 e. The van der Waals surface area contributed by atoms with Crippen LogP contribution in [0.1, 0.15) is 32.5 Å². The van der Waals surface area contributed by atoms with Crippen molar-refractivity contribution in [2.45, 2.75) is 45.7 Å². The lowest BCUT2D eigenvalue weighted by molar-refractivity contribution is 0.148. The van der Waals surface area contributed by atoms with E-state index in [4.69, 9.17) is 4.98 Å². The number of fused-ring (bicyclic) bond motifs is 1. The fraction of sp³-hybridized carbons (Fsp3) is 0.647. The van der Waals surface area contributed by atoms with E-state index in [0.717, 1.165) is 23.4 Å². The Morgan fingerprint density at radius 2 is 2.09 bits per heavy atom. The van der Waals surface area contributed by atoms with Crippen LogP contribution in [0.5, 0.6) is 0 Å². The predicted octanol–water partition coefficient (Wildman–Crippen LogP) is 2.09. The Balaban J connectivity index is 1.75. The number of aliphatic hydroxyl groups excluding tert-OH is 1. The molecule has 3 rings (SSSR count). The molecule has 0 radical (unpaired) electrons. The molecule has 2 aromatic heterocycles. The summed E-state index contributed by atoms with van der Waals surface area (Å²) in [6.07, 6.45) is 5.24. The first-order valence-electron chi connectivity index (χ1n) is 8.34. The highest BCUT2D eigenvalue weighted by Gasteiger charge is 2.23. The molecule has 0 amide bonds. The van der Waals surface area contributed by atoms with Crippen LogP contribution < -0.4 is 0 Å². The van der Waals surface area contributed by atoms with Crippen molar-refractivity contribution in [2.75, 3.05) is 19.7 Å². The third-order valence-electron chi connectivity index (χ3n) is 4.76. The van der Waals surface area contributed by atoms with Crippen LogP contribution >= 0.6 is 0 Å². The molecule has 22 heavy (non-hydrogen) atoms. The number of hydrogen-bond donors (Lipinski definition) is 1. The van der Waals surface area contributed by atoms with Crippen molar-refractivity contribution < 1.29 is 5.11 Å². The number of aromatic nitrogens is 3. The van der Waals surface area contributed by atoms with E-state index in [1.54, 1.807) is 6.20 Å². The summed E-state index contributed by atoms with van der Waals surface area (Å²) in [5, 5.41) is 9.34. The van der Waals surface area contributed by atoms with Gasteiger partial charge in [-0.3, -0.25) is 0 Å². The lowest BCUT2D eigenvalue weighted by Gasteiger charge is -2.34. The van der Waals surface area contributed by atoms with E-state index in [-0.39, 0.29) is 6.61 Å². The molecule has 0 unspecified atom stereocenters. The maximum atomic E-state index is 9.34. The van der Waals surface area contributed by atoms with Gasteiger partial charge < -0.3 is 14.6 Å². The van der Waals surface area contributed by atoms with Gasteiger partial charge in [0.15, 0.2) is 5.65 Å². The third kappa shape index (κ3) is 3.15. The van der Waals surface area contributed by atoms with Crippen LogP contribution in [0.25, 0.3) is 11.2 Å². The second kappa shape index (κ2) is 6.75. The minimum absolute atomic E-state index is 0.126. The summed E-state index contributed by atoms with van der Waals surface area (Å²) in [6.45, 7) is 7.61. The average molecular weight is 302 g/mol. The maximum absolute atomic E-state index is 9.34. The van der Waals surface area contributed by atoms with Crippen LogP contribution in [-0.2, 0) is 13.0 Å². The first-order chi connectivity index (χ1) is 10.7. The molecule has 0 atom stereocenters. The lowest BCUT2D eigenvalue weighted by atomic mass is 9.92. The van der Waals surface area contributed by atoms with Crippen molar-refractivity contribution >= 4 is 11.2 Å². The highest BCUT2D eigenvalue weighted by atomic mass is 16.3. The molecule has 5 nitrogen and oxygen atoms in total. The third-order valence-corrected chi connectivity index (χ3v) is 4.76. The van der Waals surface area contributed by atoms with E-state index in [1.807, 2.05) is 12.1 Å². The van der Waals surface area contributed by atoms with Crippen molar-refractivity contribution in [1.29, 1.82) is 0 Å². The first kappa shape index (κ1) is 15.4. The number of imidazole rings is 1. The Hall–Kier alpha value is -1.46. The number of hydrogen-bond acceptors (Lipinski definition) is 4. The van der Waals surface area contributed by atoms with Crippen LogP contribution in [0, 0.1) is 5.92 Å². The average Bonchev–Trinajstić information content (AvgIpc) is 2.86. The summed E-state index contributed by atoms with van der Waals surface area (Å²) < 4.78 is 2.09. The highest BCUT2D eigenvalue weighted by Crippen LogP contribution is 2.24. The normalized spacial score (nSPS) is 17.6. The van der Waals surface area contributed by atoms with E-state index in [1.165, 1.54) is 25.9 Å². The zero-order chi connectivity index (χ0) is 15.5. The Morgan fingerprint density at radius 1 is 1.32 bits per heavy atom. The molecular weight excluding hydrogens is 276 g/mol. The molecule has 0 bridgehead atoms. The maximum Gasteiger partial charge on any atom is 0.160 e. The fourth-order valence-electron chi connectivity index (χ4n) is 3.43. The molecule has 0 spiro atoms. The van der Waals surface area contributed by atoms with Gasteiger partial charge in [-0.05, 0) is 57.8 Å². The molecule has 1 aliphatic rings. The van der Waals surface area contributed by atoms with E-state index in [2.05, 4.69) is 28.3 Å². The molecule has 1 aliphatic heterocycles. The minimum Gasteiger partial charge on any atom is -0.395 e. The number of likely N-dealkylation sites (tertiary alicyclic amines) is 1. The molecule has 0 aliphatic carbocycles. The molecule has 0 saturated carbocycles. The number of pyridine rings is 1. The zero-order valence-corrected chi connectivity index (χ0v) is 13.6. The Labute approximate surface area is 132 Å². The van der Waals surface area contributed by atoms with Crippen LogP contribution in [0.3, 0.4) is 0 Å². The van der Waals surface area contributed by atoms with Crippen molar-refractivity contribution in [3.8, 4) is 0 Å². The lowest BCUT2D eigenvalue weighted by Crippen LogP contribution is -2.39. The molecule has 1 N–H and O–H groups in total. The van der Waals surface area contributed by atoms with Gasteiger partial charge in [0.25, 0.3) is 0 Å². The summed E-state index contributed by atoms with van der Waals surface area (Å²) in [4.78, 5) is 11.7. The molecule has 0 aromatic carbocycles. The summed E-state index contributed by atoms with van der Waals surface area (Å²) in [5.74, 6) is 1.76. The minimum atomic E-state index is 0.126. The highest BCUT2D eigenvalue weighted by molar-refractivity contribution is 5.71. The molecule has 1 saturated heterocycles. The van der Waals surface area contributed by atoms with Gasteiger partial charge in [0.1, 0.15) is 11.3 Å². The van der Waals surface area contributed by atoms with Crippen LogP contribution in [0.4, 0.5) is 0 Å². The Bertz CT molecular complexity index is 614. The van der Waals surface area contributed by atoms with Crippen LogP contribution in [-0.4, -0.2) is 50.3 Å². The Morgan fingerprint density at radius 3 is 2.77 bits per heavy atom. The van der Waals surface area contributed by atoms with Gasteiger partial charge in [0, 0.05) is 25.2 Å². The number of aliphatic hydroxyl groups is 1. The Kier molecular flexibility index (Phi) is 4.74. The molecule has 5 heteroatoms. The van der Waals surface area contributed by atoms with Crippen LogP contribution in [0.15, 0.2) is 18.3 Å². The van der Waals surface area contributed by atoms with Gasteiger partial charge in [-0.25, -0.2) is 9.97 Å². The van der Waals surface area contributed by atoms with Crippen molar-refractivity contribution in [3.63, 3.8) is 0 Å². The van der Waals surface area contributed by atoms with Crippen molar-refractivity contribution in [2.24, 2.45) is 5.92 Å². The van der Waals surface area contributed by atoms with Gasteiger partial charge in [0.2, 0.25) is 0 Å². The molecular formula is C17H26N4O. The first-order valence-corrected chi connectivity index (χ1v) is 8.34. The van der Waals surface area contributed by atoms with E-state index >= 15 is 0 Å². The summed E-state index contributed by atoms with van der Waals surface area (Å²) in [5.41, 5.74) is 1.83. The van der Waals surface area contributed by atoms with E-state index < -0.39 is 0 Å². The van der Waals surface area contributed by atoms with Crippen molar-refractivity contribution in [3.05, 3.63) is 24.2 Å². The number of nitrogens with zero attached hydrogens (tertiary/aromatic N) is 4. The van der Waals surface area contributed by atoms with Crippen molar-refractivity contribution in [1.82, 2.24) is 19.4 Å². The fourth-order valence-corrected chi connectivity index (χ4v) is 3.43. The quantitative estimate of drug-likeness (QED) is 0.919. The predicted molar refractivity (Wildman–Crippen MR) is 87.8 cm³/mol. The standard InChI is InChI=1S/C17H26N4O/c1-13(2)20-8-5-14(6-9-20)12-16-19-15-4-3-7-18-17(15)21(16)10-11-22/h3-4,7,13-14,22H,5-6,8-12H2,1-2H3. The second-order valence-electron chi connectivity index (χ2n) is 6.53. The molecule has 120 valence electrons. The number of rotatable bonds is 5. The second-order valence-corrected chi connectivity index (χ2v) is 6.53. The van der Waals surface area contributed by atoms with Crippen LogP contribution in [0.2, 0.25) is 0 Å². The van der Waals surface area contributed by atoms with Gasteiger partial charge in [-0.15, -0.1) is 0 Å². The van der Waals surface area contributed by atoms with E-state index in [0.29, 0.717) is 18.5 Å². The summed E-state index contributed by atoms with van der Waals surface area (Å²) in [6, 6.07) is 4.56. The molecule has 2 aromatic rings. The molecule has 3 heterocycles. The SMILES string of the molecule is CC(C)N1CCC(Cc2nc3cccnc3n2CCO)CC1. The smallest absolute Gasteiger partial charge is 0.160 e. The topological polar surface area (TPSA) is 54.2 Å². The summed E-state index contributed by atoms with van der Waals surface area (Å²) >= 11 is 0. The van der Waals surface area contributed by atoms with E-state index in [9.17, 15) is 5.11 Å². The zero-order valence-electron chi connectivity index (χ0n) is 13.6. The van der Waals surface area contributed by atoms with Gasteiger partial charge in [-0.1, -0.05) is 0 Å². The van der Waals surface area contributed by atoms with Gasteiger partial charge >= 0.3 is 0 Å². The van der Waals surface area contributed by atoms with Gasteiger partial charge in [0.05, 0.1) is 6.61 Å². The van der Waals surface area contributed by atoms with Gasteiger partial charge in [-0.2, -0.15) is 0 Å². The molecule has 1 fully saturated rings. The monoisotopic (exact) mass is 302 g/mol. The summed E-state index contributed by atoms with van der Waals surface area (Å²) in [7, 11) is 0.